The lowest BCUT2D eigenvalue weighted by Crippen LogP contribution is -2.01. The van der Waals surface area contributed by atoms with Gasteiger partial charge in [0.05, 0.1) is 0 Å². The van der Waals surface area contributed by atoms with Crippen molar-refractivity contribution in [3.8, 4) is 0 Å². The molecule has 2 heteroatoms. The van der Waals surface area contributed by atoms with Crippen LogP contribution in [0.25, 0.3) is 0 Å². The number of unbranched alkanes of at least 4 members (excludes halogenated alkanes) is 1. The zero-order chi connectivity index (χ0) is 9.23. The van der Waals surface area contributed by atoms with E-state index in [1.807, 2.05) is 0 Å². The minimum absolute atomic E-state index is 0.960. The summed E-state index contributed by atoms with van der Waals surface area (Å²) >= 11 is 7.01. The van der Waals surface area contributed by atoms with E-state index in [1.165, 1.54) is 43.9 Å². The predicted molar refractivity (Wildman–Crippen MR) is 64.5 cm³/mol. The maximum atomic E-state index is 3.52. The number of hydrogen-bond acceptors (Lipinski definition) is 0. The number of alkyl halides is 2. The van der Waals surface area contributed by atoms with Crippen LogP contribution in [0, 0.1) is 5.92 Å². The van der Waals surface area contributed by atoms with Crippen LogP contribution in [0.15, 0.2) is 0 Å². The number of rotatable bonds is 8. The number of halogens is 2. The summed E-state index contributed by atoms with van der Waals surface area (Å²) in [5.41, 5.74) is 0. The van der Waals surface area contributed by atoms with Crippen LogP contribution >= 0.6 is 31.9 Å². The van der Waals surface area contributed by atoms with Crippen LogP contribution in [-0.4, -0.2) is 10.7 Å². The van der Waals surface area contributed by atoms with Gasteiger partial charge in [0, 0.05) is 10.7 Å². The van der Waals surface area contributed by atoms with Crippen molar-refractivity contribution in [2.45, 2.75) is 45.4 Å². The second-order valence-electron chi connectivity index (χ2n) is 3.32. The molecule has 1 atom stereocenters. The number of hydrogen-bond donors (Lipinski definition) is 0. The molecule has 0 aromatic carbocycles. The summed E-state index contributed by atoms with van der Waals surface area (Å²) in [6, 6.07) is 0. The van der Waals surface area contributed by atoms with Gasteiger partial charge in [-0.3, -0.25) is 0 Å². The summed E-state index contributed by atoms with van der Waals surface area (Å²) in [5, 5.41) is 2.33. The molecule has 0 fully saturated rings. The van der Waals surface area contributed by atoms with E-state index in [0.717, 1.165) is 11.2 Å². The van der Waals surface area contributed by atoms with Crippen LogP contribution in [-0.2, 0) is 0 Å². The minimum Gasteiger partial charge on any atom is -0.0928 e. The zero-order valence-electron chi connectivity index (χ0n) is 7.99. The Morgan fingerprint density at radius 3 is 2.08 bits per heavy atom. The molecule has 0 nitrogen and oxygen atoms in total. The Morgan fingerprint density at radius 2 is 1.58 bits per heavy atom. The van der Waals surface area contributed by atoms with E-state index in [0.29, 0.717) is 0 Å². The molecule has 0 radical (unpaired) electrons. The van der Waals surface area contributed by atoms with Crippen molar-refractivity contribution in [1.29, 1.82) is 0 Å². The highest BCUT2D eigenvalue weighted by Crippen LogP contribution is 2.20. The highest BCUT2D eigenvalue weighted by Gasteiger charge is 2.06. The standard InChI is InChI=1S/C10H20Br2/c1-2-3-5-10(7-9-12)6-4-8-11/h10H,2-9H2,1H3. The molecule has 0 aromatic heterocycles. The summed E-state index contributed by atoms with van der Waals surface area (Å²) in [6.45, 7) is 2.27. The van der Waals surface area contributed by atoms with Crippen LogP contribution in [0.1, 0.15) is 45.4 Å². The Morgan fingerprint density at radius 1 is 0.917 bits per heavy atom. The van der Waals surface area contributed by atoms with E-state index in [9.17, 15) is 0 Å². The molecule has 74 valence electrons. The lowest BCUT2D eigenvalue weighted by Gasteiger charge is -2.13. The molecule has 0 saturated carbocycles. The van der Waals surface area contributed by atoms with Gasteiger partial charge in [0.2, 0.25) is 0 Å². The Labute approximate surface area is 93.8 Å². The smallest absolute Gasteiger partial charge is 0.00339 e. The van der Waals surface area contributed by atoms with Gasteiger partial charge < -0.3 is 0 Å². The highest BCUT2D eigenvalue weighted by molar-refractivity contribution is 9.09. The van der Waals surface area contributed by atoms with E-state index in [2.05, 4.69) is 38.8 Å². The van der Waals surface area contributed by atoms with Gasteiger partial charge in [0.25, 0.3) is 0 Å². The van der Waals surface area contributed by atoms with E-state index in [-0.39, 0.29) is 0 Å². The van der Waals surface area contributed by atoms with E-state index in [4.69, 9.17) is 0 Å². The molecule has 0 N–H and O–H groups in total. The van der Waals surface area contributed by atoms with Gasteiger partial charge in [-0.2, -0.15) is 0 Å². The molecule has 0 aliphatic rings. The quantitative estimate of drug-likeness (QED) is 0.567. The molecular weight excluding hydrogens is 280 g/mol. The average Bonchev–Trinajstić information content (AvgIpc) is 2.10. The summed E-state index contributed by atoms with van der Waals surface area (Å²) in [6.07, 6.45) is 8.26. The van der Waals surface area contributed by atoms with Crippen molar-refractivity contribution in [3.05, 3.63) is 0 Å². The van der Waals surface area contributed by atoms with Gasteiger partial charge in [-0.15, -0.1) is 0 Å². The van der Waals surface area contributed by atoms with Crippen LogP contribution in [0.2, 0.25) is 0 Å². The first kappa shape index (κ1) is 13.0. The second-order valence-corrected chi connectivity index (χ2v) is 4.90. The summed E-state index contributed by atoms with van der Waals surface area (Å²) in [4.78, 5) is 0. The molecule has 0 bridgehead atoms. The Balaban J connectivity index is 3.40. The van der Waals surface area contributed by atoms with Crippen molar-refractivity contribution in [1.82, 2.24) is 0 Å². The van der Waals surface area contributed by atoms with Crippen LogP contribution < -0.4 is 0 Å². The van der Waals surface area contributed by atoms with Crippen LogP contribution in [0.5, 0.6) is 0 Å². The molecule has 0 aliphatic carbocycles. The van der Waals surface area contributed by atoms with E-state index in [1.54, 1.807) is 0 Å². The monoisotopic (exact) mass is 298 g/mol. The van der Waals surface area contributed by atoms with Gasteiger partial charge in [0.15, 0.2) is 0 Å². The molecule has 0 rings (SSSR count). The van der Waals surface area contributed by atoms with Crippen molar-refractivity contribution < 1.29 is 0 Å². The average molecular weight is 300 g/mol. The summed E-state index contributed by atoms with van der Waals surface area (Å²) < 4.78 is 0. The minimum atomic E-state index is 0.960. The normalized spacial score (nSPS) is 13.2. The highest BCUT2D eigenvalue weighted by atomic mass is 79.9. The SMILES string of the molecule is CCCCC(CCBr)CCCBr. The fraction of sp³-hybridized carbons (Fsp3) is 1.00. The maximum absolute atomic E-state index is 3.52. The Kier molecular flexibility index (Phi) is 10.8. The van der Waals surface area contributed by atoms with E-state index < -0.39 is 0 Å². The van der Waals surface area contributed by atoms with Gasteiger partial charge in [-0.25, -0.2) is 0 Å². The first-order valence-corrected chi connectivity index (χ1v) is 7.21. The maximum Gasteiger partial charge on any atom is 0.00339 e. The lowest BCUT2D eigenvalue weighted by atomic mass is 9.95. The Hall–Kier alpha value is 0.960. The van der Waals surface area contributed by atoms with Gasteiger partial charge >= 0.3 is 0 Å². The summed E-state index contributed by atoms with van der Waals surface area (Å²) in [5.74, 6) is 0.960. The van der Waals surface area contributed by atoms with Crippen molar-refractivity contribution in [2.75, 3.05) is 10.7 Å². The second kappa shape index (κ2) is 10.0. The van der Waals surface area contributed by atoms with Gasteiger partial charge in [-0.05, 0) is 25.2 Å². The third kappa shape index (κ3) is 7.60. The van der Waals surface area contributed by atoms with Crippen LogP contribution in [0.4, 0.5) is 0 Å². The third-order valence-electron chi connectivity index (χ3n) is 2.23. The molecule has 1 unspecified atom stereocenters. The third-order valence-corrected chi connectivity index (χ3v) is 3.25. The lowest BCUT2D eigenvalue weighted by molar-refractivity contribution is 0.423. The molecule has 12 heavy (non-hydrogen) atoms. The fourth-order valence-electron chi connectivity index (χ4n) is 1.45. The van der Waals surface area contributed by atoms with Crippen LogP contribution in [0.3, 0.4) is 0 Å². The zero-order valence-corrected chi connectivity index (χ0v) is 11.2. The first-order valence-electron chi connectivity index (χ1n) is 4.97. The van der Waals surface area contributed by atoms with Crippen molar-refractivity contribution >= 4 is 31.9 Å². The molecule has 0 saturated heterocycles. The molecule has 0 aliphatic heterocycles. The van der Waals surface area contributed by atoms with Crippen molar-refractivity contribution in [2.24, 2.45) is 5.92 Å². The molecule has 0 aromatic rings. The fourth-order valence-corrected chi connectivity index (χ4v) is 2.42. The topological polar surface area (TPSA) is 0 Å². The Bertz CT molecular complexity index is 75.9. The van der Waals surface area contributed by atoms with Gasteiger partial charge in [-0.1, -0.05) is 58.0 Å². The molecule has 0 amide bonds. The molecule has 0 spiro atoms. The van der Waals surface area contributed by atoms with Gasteiger partial charge in [0.1, 0.15) is 0 Å². The largest absolute Gasteiger partial charge is 0.0928 e. The van der Waals surface area contributed by atoms with E-state index >= 15 is 0 Å². The summed E-state index contributed by atoms with van der Waals surface area (Å²) in [7, 11) is 0. The molecular formula is C10H20Br2. The predicted octanol–water partition coefficient (Wildman–Crippen LogP) is 4.75. The first-order chi connectivity index (χ1) is 5.85. The molecule has 0 heterocycles. The van der Waals surface area contributed by atoms with Crippen molar-refractivity contribution in [3.63, 3.8) is 0 Å².